The van der Waals surface area contributed by atoms with Gasteiger partial charge in [0.1, 0.15) is 5.78 Å². The standard InChI is InChI=1S/C14H14O3/c1-2-3-9-12(15)10-13(14(16)17)11-7-5-4-6-8-11/h4-8,13H,9-10H2,1H3,(H,16,17). The lowest BCUT2D eigenvalue weighted by Gasteiger charge is -2.10. The van der Waals surface area contributed by atoms with Gasteiger partial charge in [-0.05, 0) is 12.5 Å². The third-order valence-corrected chi connectivity index (χ3v) is 2.39. The zero-order valence-corrected chi connectivity index (χ0v) is 9.64. The lowest BCUT2D eigenvalue weighted by atomic mass is 9.93. The highest BCUT2D eigenvalue weighted by molar-refractivity contribution is 5.88. The monoisotopic (exact) mass is 230 g/mol. The lowest BCUT2D eigenvalue weighted by molar-refractivity contribution is -0.140. The minimum absolute atomic E-state index is 0.00593. The molecule has 0 fully saturated rings. The number of benzene rings is 1. The van der Waals surface area contributed by atoms with Crippen molar-refractivity contribution in [3.8, 4) is 11.8 Å². The molecule has 0 bridgehead atoms. The molecule has 1 aromatic carbocycles. The molecule has 88 valence electrons. The first kappa shape index (κ1) is 13.0. The van der Waals surface area contributed by atoms with Crippen molar-refractivity contribution in [2.75, 3.05) is 0 Å². The van der Waals surface area contributed by atoms with E-state index in [1.54, 1.807) is 31.2 Å². The van der Waals surface area contributed by atoms with Gasteiger partial charge in [0, 0.05) is 6.42 Å². The highest BCUT2D eigenvalue weighted by Gasteiger charge is 2.22. The average molecular weight is 230 g/mol. The summed E-state index contributed by atoms with van der Waals surface area (Å²) >= 11 is 0. The minimum atomic E-state index is -0.978. The van der Waals surface area contributed by atoms with E-state index in [-0.39, 0.29) is 18.6 Å². The third-order valence-electron chi connectivity index (χ3n) is 2.39. The molecule has 17 heavy (non-hydrogen) atoms. The number of hydrogen-bond acceptors (Lipinski definition) is 2. The van der Waals surface area contributed by atoms with E-state index >= 15 is 0 Å². The third kappa shape index (κ3) is 4.12. The first-order valence-electron chi connectivity index (χ1n) is 5.34. The zero-order valence-electron chi connectivity index (χ0n) is 9.64. The fourth-order valence-electron chi connectivity index (χ4n) is 1.52. The van der Waals surface area contributed by atoms with Gasteiger partial charge in [-0.15, -0.1) is 5.92 Å². The zero-order chi connectivity index (χ0) is 12.7. The van der Waals surface area contributed by atoms with Gasteiger partial charge in [0.15, 0.2) is 0 Å². The van der Waals surface area contributed by atoms with Gasteiger partial charge < -0.3 is 5.11 Å². The van der Waals surface area contributed by atoms with Crippen molar-refractivity contribution in [2.24, 2.45) is 0 Å². The molecular weight excluding hydrogens is 216 g/mol. The molecule has 1 unspecified atom stereocenters. The van der Waals surface area contributed by atoms with Crippen LogP contribution in [0.15, 0.2) is 30.3 Å². The molecule has 0 saturated heterocycles. The maximum Gasteiger partial charge on any atom is 0.311 e. The highest BCUT2D eigenvalue weighted by Crippen LogP contribution is 2.20. The van der Waals surface area contributed by atoms with E-state index in [1.807, 2.05) is 6.07 Å². The van der Waals surface area contributed by atoms with Crippen LogP contribution in [0.1, 0.15) is 31.2 Å². The van der Waals surface area contributed by atoms with E-state index < -0.39 is 11.9 Å². The molecule has 0 aliphatic rings. The van der Waals surface area contributed by atoms with Gasteiger partial charge in [0.2, 0.25) is 0 Å². The van der Waals surface area contributed by atoms with Gasteiger partial charge in [-0.2, -0.15) is 0 Å². The lowest BCUT2D eigenvalue weighted by Crippen LogP contribution is -2.15. The maximum atomic E-state index is 11.5. The van der Waals surface area contributed by atoms with Crippen LogP contribution in [0.5, 0.6) is 0 Å². The minimum Gasteiger partial charge on any atom is -0.481 e. The van der Waals surface area contributed by atoms with Crippen LogP contribution in [-0.2, 0) is 9.59 Å². The number of aliphatic carboxylic acids is 1. The van der Waals surface area contributed by atoms with Crippen molar-refractivity contribution in [3.63, 3.8) is 0 Å². The van der Waals surface area contributed by atoms with E-state index in [1.165, 1.54) is 0 Å². The van der Waals surface area contributed by atoms with Gasteiger partial charge >= 0.3 is 5.97 Å². The van der Waals surface area contributed by atoms with Crippen molar-refractivity contribution in [3.05, 3.63) is 35.9 Å². The Bertz CT molecular complexity index is 451. The smallest absolute Gasteiger partial charge is 0.311 e. The average Bonchev–Trinajstić information content (AvgIpc) is 2.34. The molecule has 1 N–H and O–H groups in total. The van der Waals surface area contributed by atoms with Crippen molar-refractivity contribution in [1.29, 1.82) is 0 Å². The van der Waals surface area contributed by atoms with Crippen molar-refractivity contribution >= 4 is 11.8 Å². The SMILES string of the molecule is CC#CCC(=O)CC(C(=O)O)c1ccccc1. The van der Waals surface area contributed by atoms with Crippen molar-refractivity contribution in [1.82, 2.24) is 0 Å². The van der Waals surface area contributed by atoms with E-state index in [0.29, 0.717) is 5.56 Å². The number of rotatable bonds is 5. The number of carboxylic acid groups (broad SMARTS) is 1. The van der Waals surface area contributed by atoms with Crippen molar-refractivity contribution in [2.45, 2.75) is 25.7 Å². The fourth-order valence-corrected chi connectivity index (χ4v) is 1.52. The normalized spacial score (nSPS) is 11.1. The molecule has 0 radical (unpaired) electrons. The predicted octanol–water partition coefficient (Wildman–Crippen LogP) is 2.23. The van der Waals surface area contributed by atoms with Gasteiger partial charge in [0.05, 0.1) is 12.3 Å². The topological polar surface area (TPSA) is 54.4 Å². The van der Waals surface area contributed by atoms with E-state index in [4.69, 9.17) is 5.11 Å². The first-order chi connectivity index (χ1) is 8.15. The van der Waals surface area contributed by atoms with E-state index in [2.05, 4.69) is 11.8 Å². The summed E-state index contributed by atoms with van der Waals surface area (Å²) in [5.74, 6) is 3.38. The molecule has 1 aromatic rings. The van der Waals surface area contributed by atoms with Crippen LogP contribution in [0.4, 0.5) is 0 Å². The summed E-state index contributed by atoms with van der Waals surface area (Å²) < 4.78 is 0. The summed E-state index contributed by atoms with van der Waals surface area (Å²) in [6.07, 6.45) is 0.112. The largest absolute Gasteiger partial charge is 0.481 e. The number of Topliss-reactive ketones (excluding diaryl/α,β-unsaturated/α-hetero) is 1. The molecule has 0 spiro atoms. The summed E-state index contributed by atoms with van der Waals surface area (Å²) in [6, 6.07) is 8.78. The molecule has 0 aliphatic carbocycles. The van der Waals surface area contributed by atoms with Crippen LogP contribution in [0.3, 0.4) is 0 Å². The Balaban J connectivity index is 2.77. The molecule has 1 rings (SSSR count). The number of ketones is 1. The number of carbonyl (C=O) groups is 2. The summed E-state index contributed by atoms with van der Waals surface area (Å²) in [5.41, 5.74) is 0.651. The Hall–Kier alpha value is -2.08. The van der Waals surface area contributed by atoms with Crippen LogP contribution in [0, 0.1) is 11.8 Å². The Morgan fingerprint density at radius 3 is 2.47 bits per heavy atom. The summed E-state index contributed by atoms with van der Waals surface area (Å²) in [6.45, 7) is 1.65. The summed E-state index contributed by atoms with van der Waals surface area (Å²) in [5, 5.41) is 9.11. The Kier molecular flexibility index (Phi) is 4.96. The Morgan fingerprint density at radius 1 is 1.29 bits per heavy atom. The van der Waals surface area contributed by atoms with Crippen LogP contribution in [0.2, 0.25) is 0 Å². The molecule has 0 aromatic heterocycles. The molecular formula is C14H14O3. The number of carboxylic acids is 1. The Morgan fingerprint density at radius 2 is 1.94 bits per heavy atom. The van der Waals surface area contributed by atoms with Gasteiger partial charge in [-0.25, -0.2) is 0 Å². The first-order valence-corrected chi connectivity index (χ1v) is 5.34. The van der Waals surface area contributed by atoms with Gasteiger partial charge in [0.25, 0.3) is 0 Å². The Labute approximate surface area is 100 Å². The maximum absolute atomic E-state index is 11.5. The van der Waals surface area contributed by atoms with Crippen molar-refractivity contribution < 1.29 is 14.7 Å². The second-order valence-corrected chi connectivity index (χ2v) is 3.65. The molecule has 0 saturated carbocycles. The molecule has 3 heteroatoms. The highest BCUT2D eigenvalue weighted by atomic mass is 16.4. The summed E-state index contributed by atoms with van der Waals surface area (Å²) in [4.78, 5) is 22.6. The predicted molar refractivity (Wildman–Crippen MR) is 64.5 cm³/mol. The number of hydrogen-bond donors (Lipinski definition) is 1. The second-order valence-electron chi connectivity index (χ2n) is 3.65. The summed E-state index contributed by atoms with van der Waals surface area (Å²) in [7, 11) is 0. The second kappa shape index (κ2) is 6.49. The van der Waals surface area contributed by atoms with Crippen LogP contribution >= 0.6 is 0 Å². The van der Waals surface area contributed by atoms with Crippen LogP contribution in [0.25, 0.3) is 0 Å². The molecule has 1 atom stereocenters. The fraction of sp³-hybridized carbons (Fsp3) is 0.286. The molecule has 3 nitrogen and oxygen atoms in total. The quantitative estimate of drug-likeness (QED) is 0.789. The van der Waals surface area contributed by atoms with Crippen LogP contribution in [-0.4, -0.2) is 16.9 Å². The molecule has 0 amide bonds. The number of carbonyl (C=O) groups excluding carboxylic acids is 1. The van der Waals surface area contributed by atoms with Gasteiger partial charge in [-0.1, -0.05) is 36.3 Å². The van der Waals surface area contributed by atoms with Gasteiger partial charge in [-0.3, -0.25) is 9.59 Å². The van der Waals surface area contributed by atoms with E-state index in [9.17, 15) is 9.59 Å². The molecule has 0 heterocycles. The van der Waals surface area contributed by atoms with Crippen LogP contribution < -0.4 is 0 Å². The van der Waals surface area contributed by atoms with E-state index in [0.717, 1.165) is 0 Å². The molecule has 0 aliphatic heterocycles.